The van der Waals surface area contributed by atoms with Crippen LogP contribution in [0.5, 0.6) is 0 Å². The summed E-state index contributed by atoms with van der Waals surface area (Å²) in [5.74, 6) is 0. The lowest BCUT2D eigenvalue weighted by Crippen LogP contribution is -2.19. The first-order valence-electron chi connectivity index (χ1n) is 7.80. The van der Waals surface area contributed by atoms with Crippen LogP contribution in [-0.2, 0) is 10.8 Å². The highest BCUT2D eigenvalue weighted by molar-refractivity contribution is 5.31. The highest BCUT2D eigenvalue weighted by Crippen LogP contribution is 2.32. The molecule has 0 aliphatic rings. The van der Waals surface area contributed by atoms with E-state index in [4.69, 9.17) is 0 Å². The Morgan fingerprint density at radius 1 is 1.00 bits per heavy atom. The van der Waals surface area contributed by atoms with Crippen LogP contribution in [0.15, 0.2) is 18.2 Å². The fraction of sp³-hybridized carbons (Fsp3) is 0.684. The number of benzene rings is 1. The minimum absolute atomic E-state index is 0.189. The molecule has 0 spiro atoms. The molecular formula is C19H31. The second-order valence-electron chi connectivity index (χ2n) is 7.44. The van der Waals surface area contributed by atoms with E-state index in [-0.39, 0.29) is 10.8 Å². The molecule has 0 atom stereocenters. The Hall–Kier alpha value is -0.780. The molecule has 0 unspecified atom stereocenters. The number of hydrogen-bond acceptors (Lipinski definition) is 0. The van der Waals surface area contributed by atoms with E-state index >= 15 is 0 Å². The Morgan fingerprint density at radius 2 is 1.68 bits per heavy atom. The van der Waals surface area contributed by atoms with Crippen LogP contribution < -0.4 is 0 Å². The molecule has 0 fully saturated rings. The third kappa shape index (κ3) is 5.01. The van der Waals surface area contributed by atoms with E-state index in [0.717, 1.165) is 0 Å². The van der Waals surface area contributed by atoms with Crippen molar-refractivity contribution in [1.82, 2.24) is 0 Å². The summed E-state index contributed by atoms with van der Waals surface area (Å²) in [6, 6.07) is 10.1. The second kappa shape index (κ2) is 6.59. The zero-order chi connectivity index (χ0) is 14.5. The molecule has 0 bridgehead atoms. The maximum absolute atomic E-state index is 3.40. The van der Waals surface area contributed by atoms with Gasteiger partial charge in [-0.3, -0.25) is 0 Å². The molecule has 1 aromatic carbocycles. The first-order chi connectivity index (χ1) is 8.77. The summed E-state index contributed by atoms with van der Waals surface area (Å²) in [5, 5.41) is 0. The van der Waals surface area contributed by atoms with Gasteiger partial charge < -0.3 is 0 Å². The van der Waals surface area contributed by atoms with Crippen molar-refractivity contribution < 1.29 is 0 Å². The summed E-state index contributed by atoms with van der Waals surface area (Å²) in [5.41, 5.74) is 3.26. The van der Waals surface area contributed by atoms with E-state index in [1.165, 1.54) is 43.2 Å². The molecule has 1 radical (unpaired) electrons. The van der Waals surface area contributed by atoms with E-state index in [2.05, 4.69) is 65.8 Å². The highest BCUT2D eigenvalue weighted by atomic mass is 14.3. The second-order valence-corrected chi connectivity index (χ2v) is 7.44. The molecule has 107 valence electrons. The first-order valence-corrected chi connectivity index (χ1v) is 7.80. The monoisotopic (exact) mass is 259 g/mol. The van der Waals surface area contributed by atoms with Crippen molar-refractivity contribution in [3.05, 3.63) is 35.4 Å². The highest BCUT2D eigenvalue weighted by Gasteiger charge is 2.22. The van der Waals surface area contributed by atoms with Crippen LogP contribution in [0.4, 0.5) is 0 Å². The fourth-order valence-corrected chi connectivity index (χ4v) is 2.46. The third-order valence-electron chi connectivity index (χ3n) is 4.05. The Morgan fingerprint density at radius 3 is 2.26 bits per heavy atom. The maximum Gasteiger partial charge on any atom is -0.0103 e. The van der Waals surface area contributed by atoms with E-state index in [0.29, 0.717) is 0 Å². The Bertz CT molecular complexity index is 379. The van der Waals surface area contributed by atoms with Gasteiger partial charge in [-0.1, -0.05) is 85.4 Å². The normalized spacial score (nSPS) is 12.7. The lowest BCUT2D eigenvalue weighted by atomic mass is 9.77. The van der Waals surface area contributed by atoms with Gasteiger partial charge >= 0.3 is 0 Å². The lowest BCUT2D eigenvalue weighted by Gasteiger charge is -2.28. The molecule has 0 N–H and O–H groups in total. The summed E-state index contributed by atoms with van der Waals surface area (Å²) in [7, 11) is 0. The molecular weight excluding hydrogens is 228 g/mol. The van der Waals surface area contributed by atoms with Crippen LogP contribution in [0.3, 0.4) is 0 Å². The molecule has 0 aliphatic heterocycles. The van der Waals surface area contributed by atoms with Gasteiger partial charge in [0.1, 0.15) is 0 Å². The summed E-state index contributed by atoms with van der Waals surface area (Å²) in [6.45, 7) is 13.8. The van der Waals surface area contributed by atoms with E-state index in [1.807, 2.05) is 0 Å². The molecule has 1 aromatic rings. The summed E-state index contributed by atoms with van der Waals surface area (Å²) >= 11 is 0. The minimum Gasteiger partial charge on any atom is -0.0654 e. The molecule has 0 heterocycles. The summed E-state index contributed by atoms with van der Waals surface area (Å²) in [4.78, 5) is 0. The van der Waals surface area contributed by atoms with Gasteiger partial charge in [0.25, 0.3) is 0 Å². The molecule has 0 heteroatoms. The van der Waals surface area contributed by atoms with Crippen LogP contribution in [0.25, 0.3) is 0 Å². The predicted octanol–water partition coefficient (Wildman–Crippen LogP) is 6.03. The maximum atomic E-state index is 3.40. The van der Waals surface area contributed by atoms with Gasteiger partial charge in [0.05, 0.1) is 0 Å². The van der Waals surface area contributed by atoms with Crippen LogP contribution in [-0.4, -0.2) is 0 Å². The van der Waals surface area contributed by atoms with Gasteiger partial charge in [-0.15, -0.1) is 0 Å². The van der Waals surface area contributed by atoms with E-state index < -0.39 is 0 Å². The van der Waals surface area contributed by atoms with Crippen molar-refractivity contribution in [2.24, 2.45) is 0 Å². The number of unbranched alkanes of at least 4 members (excludes halogenated alkanes) is 3. The van der Waals surface area contributed by atoms with Crippen LogP contribution in [0, 0.1) is 6.07 Å². The van der Waals surface area contributed by atoms with Gasteiger partial charge in [0, 0.05) is 0 Å². The Balaban J connectivity index is 2.77. The van der Waals surface area contributed by atoms with Crippen LogP contribution in [0.2, 0.25) is 0 Å². The predicted molar refractivity (Wildman–Crippen MR) is 85.8 cm³/mol. The van der Waals surface area contributed by atoms with Gasteiger partial charge in [0.2, 0.25) is 0 Å². The van der Waals surface area contributed by atoms with Gasteiger partial charge in [-0.05, 0) is 34.4 Å². The topological polar surface area (TPSA) is 0 Å². The average molecular weight is 259 g/mol. The third-order valence-corrected chi connectivity index (χ3v) is 4.05. The van der Waals surface area contributed by atoms with Crippen molar-refractivity contribution in [2.45, 2.75) is 84.5 Å². The quantitative estimate of drug-likeness (QED) is 0.547. The van der Waals surface area contributed by atoms with E-state index in [9.17, 15) is 0 Å². The fourth-order valence-electron chi connectivity index (χ4n) is 2.46. The van der Waals surface area contributed by atoms with E-state index in [1.54, 1.807) is 0 Å². The Labute approximate surface area is 120 Å². The van der Waals surface area contributed by atoms with Crippen molar-refractivity contribution in [1.29, 1.82) is 0 Å². The first kappa shape index (κ1) is 16.3. The zero-order valence-corrected chi connectivity index (χ0v) is 13.8. The SMILES string of the molecule is CCCCCCC(C)(C)c1cc[c]c(C(C)(C)C)c1. The standard InChI is InChI=1S/C19H31/c1-7-8-9-10-14-19(5,6)17-13-11-12-16(15-17)18(2,3)4/h11,13,15H,7-10,14H2,1-6H3. The van der Waals surface area contributed by atoms with Gasteiger partial charge in [-0.2, -0.15) is 0 Å². The Kier molecular flexibility index (Phi) is 5.64. The van der Waals surface area contributed by atoms with Crippen molar-refractivity contribution >= 4 is 0 Å². The van der Waals surface area contributed by atoms with Gasteiger partial charge in [-0.25, -0.2) is 0 Å². The molecule has 0 nitrogen and oxygen atoms in total. The molecule has 0 amide bonds. The molecule has 0 saturated heterocycles. The number of hydrogen-bond donors (Lipinski definition) is 0. The van der Waals surface area contributed by atoms with Crippen LogP contribution >= 0.6 is 0 Å². The molecule has 19 heavy (non-hydrogen) atoms. The number of rotatable bonds is 6. The molecule has 1 rings (SSSR count). The van der Waals surface area contributed by atoms with Crippen molar-refractivity contribution in [2.75, 3.05) is 0 Å². The van der Waals surface area contributed by atoms with Crippen molar-refractivity contribution in [3.63, 3.8) is 0 Å². The lowest BCUT2D eigenvalue weighted by molar-refractivity contribution is 0.444. The molecule has 0 saturated carbocycles. The smallest absolute Gasteiger partial charge is 0.0103 e. The van der Waals surface area contributed by atoms with Crippen molar-refractivity contribution in [3.8, 4) is 0 Å². The largest absolute Gasteiger partial charge is 0.0654 e. The van der Waals surface area contributed by atoms with Gasteiger partial charge in [0.15, 0.2) is 0 Å². The summed E-state index contributed by atoms with van der Waals surface area (Å²) < 4.78 is 0. The van der Waals surface area contributed by atoms with Crippen LogP contribution in [0.1, 0.15) is 84.8 Å². The molecule has 0 aliphatic carbocycles. The molecule has 0 aromatic heterocycles. The minimum atomic E-state index is 0.189. The zero-order valence-electron chi connectivity index (χ0n) is 13.8. The average Bonchev–Trinajstić information content (AvgIpc) is 2.34. The summed E-state index contributed by atoms with van der Waals surface area (Å²) in [6.07, 6.45) is 6.66.